The summed E-state index contributed by atoms with van der Waals surface area (Å²) in [4.78, 5) is 10.3. The van der Waals surface area contributed by atoms with E-state index in [0.717, 1.165) is 5.52 Å². The monoisotopic (exact) mass is 230 g/mol. The fraction of sp³-hybridized carbons (Fsp3) is 0.167. The Morgan fingerprint density at radius 2 is 2.35 bits per heavy atom. The molecule has 1 N–H and O–H groups in total. The van der Waals surface area contributed by atoms with Crippen LogP contribution in [0.25, 0.3) is 5.52 Å². The molecule has 86 valence electrons. The Kier molecular flexibility index (Phi) is 3.08. The van der Waals surface area contributed by atoms with Crippen LogP contribution in [-0.4, -0.2) is 22.1 Å². The normalized spacial score (nSPS) is 10.3. The number of hydrogen-bond acceptors (Lipinski definition) is 3. The van der Waals surface area contributed by atoms with Gasteiger partial charge in [0, 0.05) is 18.0 Å². The third-order valence-electron chi connectivity index (χ3n) is 2.36. The summed E-state index contributed by atoms with van der Waals surface area (Å²) in [5.74, 6) is -1.02. The summed E-state index contributed by atoms with van der Waals surface area (Å²) < 4.78 is 6.81. The van der Waals surface area contributed by atoms with Gasteiger partial charge in [-0.05, 0) is 12.1 Å². The van der Waals surface area contributed by atoms with Gasteiger partial charge in [-0.2, -0.15) is 5.26 Å². The zero-order valence-electron chi connectivity index (χ0n) is 8.96. The number of aliphatic carboxylic acids is 1. The molecule has 2 rings (SSSR count). The maximum atomic E-state index is 10.3. The van der Waals surface area contributed by atoms with Gasteiger partial charge in [0.1, 0.15) is 12.7 Å². The maximum absolute atomic E-state index is 10.3. The van der Waals surface area contributed by atoms with E-state index in [1.54, 1.807) is 6.20 Å². The van der Waals surface area contributed by atoms with Crippen molar-refractivity contribution < 1.29 is 14.6 Å². The second-order valence-corrected chi connectivity index (χ2v) is 3.52. The van der Waals surface area contributed by atoms with Gasteiger partial charge in [-0.1, -0.05) is 6.07 Å². The summed E-state index contributed by atoms with van der Waals surface area (Å²) in [7, 11) is 0. The summed E-state index contributed by atoms with van der Waals surface area (Å²) in [5.41, 5.74) is 2.01. The number of nitriles is 1. The van der Waals surface area contributed by atoms with Crippen LogP contribution in [0, 0.1) is 11.3 Å². The van der Waals surface area contributed by atoms with E-state index in [9.17, 15) is 4.79 Å². The molecule has 5 nitrogen and oxygen atoms in total. The highest BCUT2D eigenvalue weighted by Gasteiger charge is 2.10. The largest absolute Gasteiger partial charge is 0.480 e. The lowest BCUT2D eigenvalue weighted by molar-refractivity contribution is -0.142. The smallest absolute Gasteiger partial charge is 0.329 e. The topological polar surface area (TPSA) is 74.7 Å². The van der Waals surface area contributed by atoms with Gasteiger partial charge in [0.25, 0.3) is 0 Å². The highest BCUT2D eigenvalue weighted by Crippen LogP contribution is 2.18. The quantitative estimate of drug-likeness (QED) is 0.861. The van der Waals surface area contributed by atoms with Crippen LogP contribution >= 0.6 is 0 Å². The predicted octanol–water partition coefficient (Wildman–Crippen LogP) is 1.41. The lowest BCUT2D eigenvalue weighted by Crippen LogP contribution is -2.06. The first-order valence-electron chi connectivity index (χ1n) is 5.00. The molecule has 0 aliphatic heterocycles. The zero-order valence-corrected chi connectivity index (χ0v) is 8.96. The van der Waals surface area contributed by atoms with Crippen molar-refractivity contribution in [2.24, 2.45) is 0 Å². The fourth-order valence-corrected chi connectivity index (χ4v) is 1.66. The van der Waals surface area contributed by atoms with Gasteiger partial charge in [0.2, 0.25) is 0 Å². The third kappa shape index (κ3) is 2.27. The Hall–Kier alpha value is -2.32. The Morgan fingerprint density at radius 3 is 3.06 bits per heavy atom. The van der Waals surface area contributed by atoms with Gasteiger partial charge >= 0.3 is 5.97 Å². The van der Waals surface area contributed by atoms with Gasteiger partial charge in [-0.25, -0.2) is 4.79 Å². The lowest BCUT2D eigenvalue weighted by atomic mass is 10.2. The van der Waals surface area contributed by atoms with Crippen LogP contribution < -0.4 is 0 Å². The van der Waals surface area contributed by atoms with Crippen molar-refractivity contribution in [2.75, 3.05) is 6.61 Å². The molecule has 2 heterocycles. The zero-order chi connectivity index (χ0) is 12.3. The van der Waals surface area contributed by atoms with Gasteiger partial charge in [0.05, 0.1) is 17.7 Å². The van der Waals surface area contributed by atoms with E-state index in [1.807, 2.05) is 28.8 Å². The molecule has 0 radical (unpaired) electrons. The fourth-order valence-electron chi connectivity index (χ4n) is 1.66. The van der Waals surface area contributed by atoms with E-state index in [1.165, 1.54) is 0 Å². The second kappa shape index (κ2) is 4.68. The van der Waals surface area contributed by atoms with Crippen molar-refractivity contribution >= 4 is 11.5 Å². The molecule has 0 aromatic carbocycles. The molecule has 5 heteroatoms. The molecule has 0 bridgehead atoms. The van der Waals surface area contributed by atoms with Gasteiger partial charge in [0.15, 0.2) is 0 Å². The Labute approximate surface area is 97.5 Å². The predicted molar refractivity (Wildman–Crippen MR) is 59.4 cm³/mol. The number of rotatable bonds is 4. The molecule has 17 heavy (non-hydrogen) atoms. The number of ether oxygens (including phenoxy) is 1. The summed E-state index contributed by atoms with van der Waals surface area (Å²) in [6.07, 6.45) is 3.60. The van der Waals surface area contributed by atoms with Gasteiger partial charge in [-0.3, -0.25) is 0 Å². The molecular weight excluding hydrogens is 220 g/mol. The Bertz CT molecular complexity index is 595. The van der Waals surface area contributed by atoms with E-state index < -0.39 is 5.97 Å². The number of aromatic nitrogens is 1. The first-order valence-corrected chi connectivity index (χ1v) is 5.00. The number of carboxylic acid groups (broad SMARTS) is 1. The molecule has 0 spiro atoms. The van der Waals surface area contributed by atoms with Crippen molar-refractivity contribution in [3.63, 3.8) is 0 Å². The van der Waals surface area contributed by atoms with Crippen LogP contribution in [-0.2, 0) is 16.1 Å². The number of fused-ring (bicyclic) bond motifs is 1. The Balaban J connectivity index is 2.28. The molecule has 0 saturated carbocycles. The van der Waals surface area contributed by atoms with Crippen LogP contribution in [0.1, 0.15) is 11.1 Å². The molecule has 0 fully saturated rings. The Morgan fingerprint density at radius 1 is 1.53 bits per heavy atom. The van der Waals surface area contributed by atoms with E-state index in [-0.39, 0.29) is 13.2 Å². The molecule has 2 aromatic rings. The lowest BCUT2D eigenvalue weighted by Gasteiger charge is -1.98. The summed E-state index contributed by atoms with van der Waals surface area (Å²) >= 11 is 0. The van der Waals surface area contributed by atoms with E-state index >= 15 is 0 Å². The molecule has 0 saturated heterocycles. The van der Waals surface area contributed by atoms with Crippen molar-refractivity contribution in [1.82, 2.24) is 4.40 Å². The maximum Gasteiger partial charge on any atom is 0.329 e. The van der Waals surface area contributed by atoms with Gasteiger partial charge in [-0.15, -0.1) is 0 Å². The molecular formula is C12H10N2O3. The van der Waals surface area contributed by atoms with Crippen molar-refractivity contribution in [3.05, 3.63) is 41.7 Å². The highest BCUT2D eigenvalue weighted by atomic mass is 16.5. The number of nitrogens with zero attached hydrogens (tertiary/aromatic N) is 2. The first kappa shape index (κ1) is 11.2. The van der Waals surface area contributed by atoms with E-state index in [0.29, 0.717) is 11.1 Å². The number of carbonyl (C=O) groups is 1. The van der Waals surface area contributed by atoms with Crippen LogP contribution in [0.3, 0.4) is 0 Å². The van der Waals surface area contributed by atoms with Crippen LogP contribution in [0.4, 0.5) is 0 Å². The van der Waals surface area contributed by atoms with Crippen molar-refractivity contribution in [3.8, 4) is 6.07 Å². The van der Waals surface area contributed by atoms with E-state index in [2.05, 4.69) is 6.07 Å². The summed E-state index contributed by atoms with van der Waals surface area (Å²) in [6, 6.07) is 7.64. The molecule has 0 unspecified atom stereocenters. The SMILES string of the molecule is N#Cc1c(COCC(=O)O)cn2ccccc12. The minimum atomic E-state index is -1.02. The van der Waals surface area contributed by atoms with Crippen LogP contribution in [0.15, 0.2) is 30.6 Å². The highest BCUT2D eigenvalue weighted by molar-refractivity contribution is 5.68. The molecule has 2 aromatic heterocycles. The van der Waals surface area contributed by atoms with Crippen molar-refractivity contribution in [1.29, 1.82) is 5.26 Å². The minimum absolute atomic E-state index is 0.122. The second-order valence-electron chi connectivity index (χ2n) is 3.52. The summed E-state index contributed by atoms with van der Waals surface area (Å²) in [5, 5.41) is 17.5. The van der Waals surface area contributed by atoms with Crippen LogP contribution in [0.2, 0.25) is 0 Å². The van der Waals surface area contributed by atoms with Crippen LogP contribution in [0.5, 0.6) is 0 Å². The van der Waals surface area contributed by atoms with E-state index in [4.69, 9.17) is 15.1 Å². The molecule has 0 aliphatic carbocycles. The average molecular weight is 230 g/mol. The first-order chi connectivity index (χ1) is 8.22. The van der Waals surface area contributed by atoms with Crippen molar-refractivity contribution in [2.45, 2.75) is 6.61 Å². The standard InChI is InChI=1S/C12H10N2O3/c13-5-10-9(7-17-8-12(15)16)6-14-4-2-1-3-11(10)14/h1-4,6H,7-8H2,(H,15,16). The number of pyridine rings is 1. The summed E-state index contributed by atoms with van der Waals surface area (Å²) in [6.45, 7) is -0.242. The number of hydrogen-bond donors (Lipinski definition) is 1. The molecule has 0 atom stereocenters. The minimum Gasteiger partial charge on any atom is -0.480 e. The third-order valence-corrected chi connectivity index (χ3v) is 2.36. The van der Waals surface area contributed by atoms with Gasteiger partial charge < -0.3 is 14.2 Å². The molecule has 0 amide bonds. The molecule has 0 aliphatic rings. The number of carboxylic acids is 1. The average Bonchev–Trinajstić information content (AvgIpc) is 2.66.